The number of anilines is 1. The van der Waals surface area contributed by atoms with Crippen molar-refractivity contribution in [3.8, 4) is 0 Å². The van der Waals surface area contributed by atoms with Crippen LogP contribution >= 0.6 is 0 Å². The lowest BCUT2D eigenvalue weighted by atomic mass is 9.95. The zero-order valence-electron chi connectivity index (χ0n) is 14.3. The quantitative estimate of drug-likeness (QED) is 0.669. The molecular weight excluding hydrogens is 338 g/mol. The van der Waals surface area contributed by atoms with Crippen LogP contribution in [0.15, 0.2) is 41.0 Å². The van der Waals surface area contributed by atoms with Gasteiger partial charge in [-0.2, -0.15) is 0 Å². The highest BCUT2D eigenvalue weighted by Crippen LogP contribution is 2.25. The van der Waals surface area contributed by atoms with Crippen molar-refractivity contribution in [3.05, 3.63) is 58.0 Å². The van der Waals surface area contributed by atoms with E-state index >= 15 is 0 Å². The number of likely N-dealkylation sites (tertiary alicyclic amines) is 1. The summed E-state index contributed by atoms with van der Waals surface area (Å²) < 4.78 is 5.12. The summed E-state index contributed by atoms with van der Waals surface area (Å²) in [5.74, 6) is -0.313. The number of carbonyl (C=O) groups is 2. The monoisotopic (exact) mass is 357 g/mol. The molecule has 0 bridgehead atoms. The molecule has 2 amide bonds. The van der Waals surface area contributed by atoms with Gasteiger partial charge in [0.15, 0.2) is 5.76 Å². The Morgan fingerprint density at radius 3 is 2.62 bits per heavy atom. The maximum atomic E-state index is 12.4. The number of nitro groups is 1. The number of piperidine rings is 1. The van der Waals surface area contributed by atoms with E-state index in [4.69, 9.17) is 4.42 Å². The zero-order valence-corrected chi connectivity index (χ0v) is 14.3. The molecule has 0 spiro atoms. The number of aryl methyl sites for hydroxylation is 1. The van der Waals surface area contributed by atoms with Gasteiger partial charge in [-0.3, -0.25) is 19.7 Å². The Hall–Kier alpha value is -3.16. The van der Waals surface area contributed by atoms with Crippen LogP contribution in [0.25, 0.3) is 0 Å². The van der Waals surface area contributed by atoms with Crippen LogP contribution in [-0.2, 0) is 4.79 Å². The molecule has 3 rings (SSSR count). The predicted molar refractivity (Wildman–Crippen MR) is 93.8 cm³/mol. The SMILES string of the molecule is Cc1ccc(NC(=O)C2CCN(C(=O)c3ccco3)CC2)cc1[N+](=O)[O-]. The minimum Gasteiger partial charge on any atom is -0.459 e. The first kappa shape index (κ1) is 17.7. The molecule has 136 valence electrons. The molecule has 2 aromatic rings. The van der Waals surface area contributed by atoms with E-state index in [9.17, 15) is 19.7 Å². The molecule has 1 aromatic heterocycles. The van der Waals surface area contributed by atoms with Crippen LogP contribution in [0, 0.1) is 23.0 Å². The molecule has 0 saturated carbocycles. The first-order valence-corrected chi connectivity index (χ1v) is 8.34. The van der Waals surface area contributed by atoms with Crippen molar-refractivity contribution in [3.63, 3.8) is 0 Å². The van der Waals surface area contributed by atoms with E-state index in [-0.39, 0.29) is 23.4 Å². The van der Waals surface area contributed by atoms with Gasteiger partial charge in [0.1, 0.15) is 0 Å². The van der Waals surface area contributed by atoms with Gasteiger partial charge in [-0.25, -0.2) is 0 Å². The van der Waals surface area contributed by atoms with E-state index in [2.05, 4.69) is 5.32 Å². The number of carbonyl (C=O) groups excluding carboxylic acids is 2. The highest BCUT2D eigenvalue weighted by molar-refractivity contribution is 5.94. The van der Waals surface area contributed by atoms with E-state index in [0.717, 1.165) is 0 Å². The third-order valence-electron chi connectivity index (χ3n) is 4.56. The fraction of sp³-hybridized carbons (Fsp3) is 0.333. The number of nitrogens with one attached hydrogen (secondary N) is 1. The number of hydrogen-bond acceptors (Lipinski definition) is 5. The topological polar surface area (TPSA) is 106 Å². The maximum Gasteiger partial charge on any atom is 0.289 e. The minimum atomic E-state index is -0.469. The Morgan fingerprint density at radius 1 is 1.27 bits per heavy atom. The number of benzene rings is 1. The lowest BCUT2D eigenvalue weighted by molar-refractivity contribution is -0.385. The molecule has 0 aliphatic carbocycles. The van der Waals surface area contributed by atoms with Crippen LogP contribution < -0.4 is 5.32 Å². The fourth-order valence-corrected chi connectivity index (χ4v) is 3.03. The third-order valence-corrected chi connectivity index (χ3v) is 4.56. The first-order chi connectivity index (χ1) is 12.5. The molecule has 1 aliphatic heterocycles. The smallest absolute Gasteiger partial charge is 0.289 e. The molecule has 0 unspecified atom stereocenters. The molecule has 1 N–H and O–H groups in total. The number of furan rings is 1. The summed E-state index contributed by atoms with van der Waals surface area (Å²) in [5.41, 5.74) is 0.917. The van der Waals surface area contributed by atoms with Crippen molar-refractivity contribution in [1.29, 1.82) is 0 Å². The van der Waals surface area contributed by atoms with Gasteiger partial charge in [-0.05, 0) is 38.0 Å². The Balaban J connectivity index is 1.58. The van der Waals surface area contributed by atoms with Crippen LogP contribution in [0.5, 0.6) is 0 Å². The van der Waals surface area contributed by atoms with Gasteiger partial charge in [-0.1, -0.05) is 6.07 Å². The van der Waals surface area contributed by atoms with Gasteiger partial charge in [0.05, 0.1) is 11.2 Å². The Morgan fingerprint density at radius 2 is 2.00 bits per heavy atom. The molecule has 1 saturated heterocycles. The second-order valence-corrected chi connectivity index (χ2v) is 6.29. The van der Waals surface area contributed by atoms with Crippen molar-refractivity contribution in [1.82, 2.24) is 4.90 Å². The summed E-state index contributed by atoms with van der Waals surface area (Å²) in [5, 5.41) is 13.7. The second-order valence-electron chi connectivity index (χ2n) is 6.29. The molecule has 0 atom stereocenters. The number of hydrogen-bond donors (Lipinski definition) is 1. The molecule has 1 aromatic carbocycles. The second kappa shape index (κ2) is 7.38. The molecule has 1 fully saturated rings. The Kier molecular flexibility index (Phi) is 5.01. The first-order valence-electron chi connectivity index (χ1n) is 8.34. The maximum absolute atomic E-state index is 12.4. The van der Waals surface area contributed by atoms with Crippen molar-refractivity contribution < 1.29 is 18.9 Å². The van der Waals surface area contributed by atoms with Gasteiger partial charge >= 0.3 is 0 Å². The standard InChI is InChI=1S/C18H19N3O5/c1-12-4-5-14(11-15(12)21(24)25)19-17(22)13-6-8-20(9-7-13)18(23)16-3-2-10-26-16/h2-5,10-11,13H,6-9H2,1H3,(H,19,22). The lowest BCUT2D eigenvalue weighted by Gasteiger charge is -2.30. The van der Waals surface area contributed by atoms with Crippen molar-refractivity contribution in [2.45, 2.75) is 19.8 Å². The average molecular weight is 357 g/mol. The van der Waals surface area contributed by atoms with Gasteiger partial charge < -0.3 is 14.6 Å². The molecule has 1 aliphatic rings. The van der Waals surface area contributed by atoms with Crippen LogP contribution in [-0.4, -0.2) is 34.7 Å². The fourth-order valence-electron chi connectivity index (χ4n) is 3.03. The number of nitrogens with zero attached hydrogens (tertiary/aromatic N) is 2. The van der Waals surface area contributed by atoms with E-state index in [1.54, 1.807) is 36.1 Å². The lowest BCUT2D eigenvalue weighted by Crippen LogP contribution is -2.41. The number of amides is 2. The zero-order chi connectivity index (χ0) is 18.7. The summed E-state index contributed by atoms with van der Waals surface area (Å²) >= 11 is 0. The normalized spacial score (nSPS) is 14.9. The van der Waals surface area contributed by atoms with Gasteiger partial charge in [0.25, 0.3) is 11.6 Å². The van der Waals surface area contributed by atoms with E-state index in [0.29, 0.717) is 42.9 Å². The molecule has 8 heteroatoms. The minimum absolute atomic E-state index is 0.0262. The molecule has 8 nitrogen and oxygen atoms in total. The van der Waals surface area contributed by atoms with Crippen molar-refractivity contribution in [2.24, 2.45) is 5.92 Å². The largest absolute Gasteiger partial charge is 0.459 e. The summed E-state index contributed by atoms with van der Waals surface area (Å²) in [6, 6.07) is 7.90. The van der Waals surface area contributed by atoms with Crippen molar-refractivity contribution in [2.75, 3.05) is 18.4 Å². The van der Waals surface area contributed by atoms with Gasteiger partial charge in [0.2, 0.25) is 5.91 Å². The molecule has 0 radical (unpaired) electrons. The van der Waals surface area contributed by atoms with Gasteiger partial charge in [0, 0.05) is 36.3 Å². The number of nitro benzene ring substituents is 1. The van der Waals surface area contributed by atoms with Crippen LogP contribution in [0.4, 0.5) is 11.4 Å². The van der Waals surface area contributed by atoms with Crippen LogP contribution in [0.2, 0.25) is 0 Å². The Labute approximate surface area is 149 Å². The summed E-state index contributed by atoms with van der Waals surface area (Å²) in [7, 11) is 0. The van der Waals surface area contributed by atoms with Crippen molar-refractivity contribution >= 4 is 23.2 Å². The predicted octanol–water partition coefficient (Wildman–Crippen LogP) is 2.99. The summed E-state index contributed by atoms with van der Waals surface area (Å²) in [6.45, 7) is 2.58. The van der Waals surface area contributed by atoms with E-state index in [1.807, 2.05) is 0 Å². The molecule has 2 heterocycles. The average Bonchev–Trinajstić information content (AvgIpc) is 3.17. The van der Waals surface area contributed by atoms with E-state index in [1.165, 1.54) is 12.3 Å². The summed E-state index contributed by atoms with van der Waals surface area (Å²) in [6.07, 6.45) is 2.52. The molecule has 26 heavy (non-hydrogen) atoms. The van der Waals surface area contributed by atoms with Crippen LogP contribution in [0.3, 0.4) is 0 Å². The summed E-state index contributed by atoms with van der Waals surface area (Å²) in [4.78, 5) is 36.9. The van der Waals surface area contributed by atoms with E-state index < -0.39 is 4.92 Å². The highest BCUT2D eigenvalue weighted by Gasteiger charge is 2.29. The molecular formula is C18H19N3O5. The number of rotatable bonds is 4. The Bertz CT molecular complexity index is 823. The highest BCUT2D eigenvalue weighted by atomic mass is 16.6. The van der Waals surface area contributed by atoms with Crippen LogP contribution in [0.1, 0.15) is 29.0 Å². The third kappa shape index (κ3) is 3.74. The van der Waals surface area contributed by atoms with Gasteiger partial charge in [-0.15, -0.1) is 0 Å².